The number of aryl methyl sites for hydroxylation is 2. The maximum Gasteiger partial charge on any atom is 0.338 e. The summed E-state index contributed by atoms with van der Waals surface area (Å²) in [6.07, 6.45) is 0. The van der Waals surface area contributed by atoms with Gasteiger partial charge < -0.3 is 10.1 Å². The van der Waals surface area contributed by atoms with E-state index < -0.39 is 11.9 Å². The maximum absolute atomic E-state index is 12.1. The van der Waals surface area contributed by atoms with Gasteiger partial charge in [-0.05, 0) is 31.2 Å². The largest absolute Gasteiger partial charge is 0.452 e. The van der Waals surface area contributed by atoms with Gasteiger partial charge in [0.2, 0.25) is 0 Å². The van der Waals surface area contributed by atoms with Gasteiger partial charge in [0.15, 0.2) is 6.61 Å². The third kappa shape index (κ3) is 4.74. The van der Waals surface area contributed by atoms with E-state index in [2.05, 4.69) is 10.4 Å². The van der Waals surface area contributed by atoms with E-state index in [1.807, 2.05) is 25.1 Å². The van der Waals surface area contributed by atoms with Crippen LogP contribution >= 0.6 is 11.6 Å². The lowest BCUT2D eigenvalue weighted by molar-refractivity contribution is -0.119. The van der Waals surface area contributed by atoms with Crippen molar-refractivity contribution in [2.75, 3.05) is 11.9 Å². The summed E-state index contributed by atoms with van der Waals surface area (Å²) in [5.74, 6) is -0.487. The molecule has 27 heavy (non-hydrogen) atoms. The maximum atomic E-state index is 12.1. The van der Waals surface area contributed by atoms with Crippen LogP contribution in [0, 0.1) is 6.92 Å². The van der Waals surface area contributed by atoms with Gasteiger partial charge in [-0.1, -0.05) is 41.4 Å². The molecule has 0 radical (unpaired) electrons. The lowest BCUT2D eigenvalue weighted by atomic mass is 10.1. The van der Waals surface area contributed by atoms with Crippen molar-refractivity contribution in [2.45, 2.75) is 6.92 Å². The molecule has 1 N–H and O–H groups in total. The van der Waals surface area contributed by atoms with Gasteiger partial charge in [-0.3, -0.25) is 9.48 Å². The summed E-state index contributed by atoms with van der Waals surface area (Å²) in [5.41, 5.74) is 2.93. The van der Waals surface area contributed by atoms with Crippen molar-refractivity contribution in [1.82, 2.24) is 9.78 Å². The number of nitrogens with zero attached hydrogens (tertiary/aromatic N) is 2. The van der Waals surface area contributed by atoms with Crippen molar-refractivity contribution in [1.29, 1.82) is 0 Å². The number of nitrogens with one attached hydrogen (secondary N) is 1. The monoisotopic (exact) mass is 383 g/mol. The molecule has 1 heterocycles. The lowest BCUT2D eigenvalue weighted by Gasteiger charge is -2.07. The molecule has 0 aliphatic carbocycles. The number of hydrogen-bond donors (Lipinski definition) is 1. The first kappa shape index (κ1) is 18.7. The van der Waals surface area contributed by atoms with Gasteiger partial charge in [-0.15, -0.1) is 0 Å². The smallest absolute Gasteiger partial charge is 0.338 e. The number of halogens is 1. The normalized spacial score (nSPS) is 10.5. The summed E-state index contributed by atoms with van der Waals surface area (Å²) in [7, 11) is 1.72. The molecule has 0 aliphatic rings. The number of ether oxygens (including phenoxy) is 1. The minimum Gasteiger partial charge on any atom is -0.452 e. The number of amides is 1. The number of aromatic nitrogens is 2. The quantitative estimate of drug-likeness (QED) is 0.679. The number of hydrogen-bond acceptors (Lipinski definition) is 4. The van der Waals surface area contributed by atoms with Crippen LogP contribution in [-0.2, 0) is 16.6 Å². The summed E-state index contributed by atoms with van der Waals surface area (Å²) < 4.78 is 6.61. The van der Waals surface area contributed by atoms with E-state index >= 15 is 0 Å². The second-order valence-electron chi connectivity index (χ2n) is 6.04. The van der Waals surface area contributed by atoms with Crippen molar-refractivity contribution >= 4 is 29.3 Å². The average Bonchev–Trinajstić information content (AvgIpc) is 3.00. The first-order valence-corrected chi connectivity index (χ1v) is 8.64. The minimum atomic E-state index is -0.541. The summed E-state index contributed by atoms with van der Waals surface area (Å²) in [6.45, 7) is 1.50. The number of esters is 1. The van der Waals surface area contributed by atoms with E-state index in [0.29, 0.717) is 22.1 Å². The highest BCUT2D eigenvalue weighted by atomic mass is 35.5. The number of benzene rings is 2. The number of anilines is 1. The second-order valence-corrected chi connectivity index (χ2v) is 6.48. The van der Waals surface area contributed by atoms with Crippen molar-refractivity contribution in [3.8, 4) is 11.3 Å². The summed E-state index contributed by atoms with van der Waals surface area (Å²) in [6, 6.07) is 16.0. The zero-order valence-electron chi connectivity index (χ0n) is 14.9. The molecule has 138 valence electrons. The Morgan fingerprint density at radius 2 is 1.89 bits per heavy atom. The first-order chi connectivity index (χ1) is 12.9. The SMILES string of the molecule is Cc1cccc(C(=O)OCC(=O)Nc2cc(-c3ccc(Cl)cc3)nn2C)c1. The Kier molecular flexibility index (Phi) is 5.57. The molecule has 0 unspecified atom stereocenters. The van der Waals surface area contributed by atoms with Crippen LogP contribution in [0.2, 0.25) is 5.02 Å². The van der Waals surface area contributed by atoms with Crippen LogP contribution in [0.4, 0.5) is 5.82 Å². The topological polar surface area (TPSA) is 73.2 Å². The average molecular weight is 384 g/mol. The van der Waals surface area contributed by atoms with Crippen LogP contribution in [-0.4, -0.2) is 28.3 Å². The molecule has 0 bridgehead atoms. The fourth-order valence-electron chi connectivity index (χ4n) is 2.51. The van der Waals surface area contributed by atoms with Crippen molar-refractivity contribution in [2.24, 2.45) is 7.05 Å². The predicted octanol–water partition coefficient (Wildman–Crippen LogP) is 3.84. The van der Waals surface area contributed by atoms with Crippen LogP contribution in [0.15, 0.2) is 54.6 Å². The van der Waals surface area contributed by atoms with E-state index in [-0.39, 0.29) is 6.61 Å². The summed E-state index contributed by atoms with van der Waals surface area (Å²) in [4.78, 5) is 24.1. The van der Waals surface area contributed by atoms with Crippen molar-refractivity contribution < 1.29 is 14.3 Å². The van der Waals surface area contributed by atoms with Crippen LogP contribution in [0.3, 0.4) is 0 Å². The fraction of sp³-hybridized carbons (Fsp3) is 0.150. The summed E-state index contributed by atoms with van der Waals surface area (Å²) in [5, 5.41) is 7.69. The molecular weight excluding hydrogens is 366 g/mol. The van der Waals surface area contributed by atoms with Gasteiger partial charge in [0.05, 0.1) is 11.3 Å². The molecule has 3 aromatic rings. The number of carbonyl (C=O) groups is 2. The Bertz CT molecular complexity index is 980. The lowest BCUT2D eigenvalue weighted by Crippen LogP contribution is -2.22. The van der Waals surface area contributed by atoms with Crippen LogP contribution < -0.4 is 5.32 Å². The van der Waals surface area contributed by atoms with E-state index in [9.17, 15) is 9.59 Å². The molecule has 1 amide bonds. The Balaban J connectivity index is 1.61. The molecule has 3 rings (SSSR count). The Morgan fingerprint density at radius 1 is 1.15 bits per heavy atom. The molecule has 1 aromatic heterocycles. The molecular formula is C20H18ClN3O3. The first-order valence-electron chi connectivity index (χ1n) is 8.26. The molecule has 0 saturated carbocycles. The zero-order chi connectivity index (χ0) is 19.4. The highest BCUT2D eigenvalue weighted by Crippen LogP contribution is 2.23. The van der Waals surface area contributed by atoms with Gasteiger partial charge in [-0.25, -0.2) is 4.79 Å². The molecule has 0 fully saturated rings. The minimum absolute atomic E-state index is 0.381. The van der Waals surface area contributed by atoms with Crippen LogP contribution in [0.25, 0.3) is 11.3 Å². The molecule has 0 atom stereocenters. The van der Waals surface area contributed by atoms with E-state index in [0.717, 1.165) is 11.1 Å². The van der Waals surface area contributed by atoms with E-state index in [1.54, 1.807) is 48.1 Å². The van der Waals surface area contributed by atoms with E-state index in [4.69, 9.17) is 16.3 Å². The Hall–Kier alpha value is -3.12. The third-order valence-corrected chi connectivity index (χ3v) is 4.13. The van der Waals surface area contributed by atoms with Crippen molar-refractivity contribution in [3.05, 3.63) is 70.7 Å². The molecule has 0 aliphatic heterocycles. The number of rotatable bonds is 5. The van der Waals surface area contributed by atoms with Gasteiger partial charge >= 0.3 is 5.97 Å². The fourth-order valence-corrected chi connectivity index (χ4v) is 2.64. The standard InChI is InChI=1S/C20H18ClN3O3/c1-13-4-3-5-15(10-13)20(26)27-12-19(25)22-18-11-17(23-24(18)2)14-6-8-16(21)9-7-14/h3-11H,12H2,1-2H3,(H,22,25). The molecule has 2 aromatic carbocycles. The number of carbonyl (C=O) groups excluding carboxylic acids is 2. The van der Waals surface area contributed by atoms with Gasteiger partial charge in [0.25, 0.3) is 5.91 Å². The van der Waals surface area contributed by atoms with Crippen molar-refractivity contribution in [3.63, 3.8) is 0 Å². The molecule has 6 nitrogen and oxygen atoms in total. The molecule has 0 spiro atoms. The summed E-state index contributed by atoms with van der Waals surface area (Å²) >= 11 is 5.89. The van der Waals surface area contributed by atoms with Crippen LogP contribution in [0.5, 0.6) is 0 Å². The molecule has 7 heteroatoms. The third-order valence-electron chi connectivity index (χ3n) is 3.88. The van der Waals surface area contributed by atoms with Crippen LogP contribution in [0.1, 0.15) is 15.9 Å². The van der Waals surface area contributed by atoms with Gasteiger partial charge in [0, 0.05) is 23.7 Å². The molecule has 0 saturated heterocycles. The van der Waals surface area contributed by atoms with Gasteiger partial charge in [0.1, 0.15) is 5.82 Å². The highest BCUT2D eigenvalue weighted by Gasteiger charge is 2.13. The zero-order valence-corrected chi connectivity index (χ0v) is 15.7. The van der Waals surface area contributed by atoms with E-state index in [1.165, 1.54) is 0 Å². The Morgan fingerprint density at radius 3 is 2.59 bits per heavy atom. The highest BCUT2D eigenvalue weighted by molar-refractivity contribution is 6.30. The Labute approximate surface area is 161 Å². The second kappa shape index (κ2) is 8.05. The van der Waals surface area contributed by atoms with Gasteiger partial charge in [-0.2, -0.15) is 5.10 Å². The predicted molar refractivity (Wildman–Crippen MR) is 104 cm³/mol.